The molecule has 1 heterocycles. The Morgan fingerprint density at radius 1 is 1.33 bits per heavy atom. The molecule has 0 aromatic heterocycles. The van der Waals surface area contributed by atoms with Crippen molar-refractivity contribution < 1.29 is 18.0 Å². The molecular weight excluding hydrogens is 349 g/mol. The summed E-state index contributed by atoms with van der Waals surface area (Å²) in [6, 6.07) is 3.20. The van der Waals surface area contributed by atoms with Crippen LogP contribution in [0.15, 0.2) is 22.7 Å². The SMILES string of the molecule is CN(C(=O)c1cc(C(F)(F)F)ccc1Br)C1CCNCC1. The largest absolute Gasteiger partial charge is 0.416 e. The van der Waals surface area contributed by atoms with E-state index in [1.54, 1.807) is 11.9 Å². The molecule has 116 valence electrons. The summed E-state index contributed by atoms with van der Waals surface area (Å²) < 4.78 is 38.7. The van der Waals surface area contributed by atoms with E-state index in [1.165, 1.54) is 6.07 Å². The van der Waals surface area contributed by atoms with Gasteiger partial charge in [0.2, 0.25) is 0 Å². The van der Waals surface area contributed by atoms with Crippen LogP contribution in [0.2, 0.25) is 0 Å². The lowest BCUT2D eigenvalue weighted by molar-refractivity contribution is -0.137. The molecule has 0 spiro atoms. The van der Waals surface area contributed by atoms with Gasteiger partial charge in [0, 0.05) is 17.6 Å². The second-order valence-corrected chi connectivity index (χ2v) is 5.94. The number of carbonyl (C=O) groups is 1. The van der Waals surface area contributed by atoms with E-state index >= 15 is 0 Å². The van der Waals surface area contributed by atoms with E-state index in [1.807, 2.05) is 0 Å². The predicted molar refractivity (Wildman–Crippen MR) is 77.1 cm³/mol. The molecule has 1 N–H and O–H groups in total. The Hall–Kier alpha value is -1.08. The minimum Gasteiger partial charge on any atom is -0.339 e. The van der Waals surface area contributed by atoms with Crippen LogP contribution in [-0.4, -0.2) is 37.0 Å². The molecule has 0 atom stereocenters. The molecule has 2 rings (SSSR count). The summed E-state index contributed by atoms with van der Waals surface area (Å²) >= 11 is 3.16. The number of hydrogen-bond donors (Lipinski definition) is 1. The zero-order chi connectivity index (χ0) is 15.6. The first-order chi connectivity index (χ1) is 9.80. The highest BCUT2D eigenvalue weighted by molar-refractivity contribution is 9.10. The van der Waals surface area contributed by atoms with Crippen molar-refractivity contribution in [2.24, 2.45) is 0 Å². The maximum absolute atomic E-state index is 12.8. The van der Waals surface area contributed by atoms with Crippen LogP contribution in [0.25, 0.3) is 0 Å². The number of piperidine rings is 1. The lowest BCUT2D eigenvalue weighted by Crippen LogP contribution is -2.44. The van der Waals surface area contributed by atoms with Gasteiger partial charge < -0.3 is 10.2 Å². The second kappa shape index (κ2) is 6.36. The molecule has 0 bridgehead atoms. The molecule has 1 saturated heterocycles. The van der Waals surface area contributed by atoms with Crippen LogP contribution < -0.4 is 5.32 Å². The number of nitrogens with one attached hydrogen (secondary N) is 1. The fraction of sp³-hybridized carbons (Fsp3) is 0.500. The van der Waals surface area contributed by atoms with E-state index < -0.39 is 11.7 Å². The van der Waals surface area contributed by atoms with Crippen LogP contribution in [0.3, 0.4) is 0 Å². The summed E-state index contributed by atoms with van der Waals surface area (Å²) in [6.07, 6.45) is -2.85. The molecule has 1 amide bonds. The summed E-state index contributed by atoms with van der Waals surface area (Å²) in [7, 11) is 1.64. The maximum Gasteiger partial charge on any atom is 0.416 e. The molecule has 0 unspecified atom stereocenters. The highest BCUT2D eigenvalue weighted by Gasteiger charge is 2.32. The van der Waals surface area contributed by atoms with Gasteiger partial charge in [-0.05, 0) is 60.1 Å². The monoisotopic (exact) mass is 364 g/mol. The third-order valence-electron chi connectivity index (χ3n) is 3.70. The number of alkyl halides is 3. The molecule has 1 aromatic rings. The topological polar surface area (TPSA) is 32.3 Å². The molecule has 1 aromatic carbocycles. The van der Waals surface area contributed by atoms with E-state index in [-0.39, 0.29) is 17.5 Å². The Morgan fingerprint density at radius 3 is 2.52 bits per heavy atom. The minimum absolute atomic E-state index is 0.0471. The van der Waals surface area contributed by atoms with Gasteiger partial charge in [-0.1, -0.05) is 0 Å². The van der Waals surface area contributed by atoms with Gasteiger partial charge in [0.1, 0.15) is 0 Å². The van der Waals surface area contributed by atoms with Crippen molar-refractivity contribution in [3.63, 3.8) is 0 Å². The summed E-state index contributed by atoms with van der Waals surface area (Å²) in [5.41, 5.74) is -0.765. The number of carbonyl (C=O) groups excluding carboxylic acids is 1. The van der Waals surface area contributed by atoms with Gasteiger partial charge in [-0.3, -0.25) is 4.79 Å². The van der Waals surface area contributed by atoms with Crippen LogP contribution in [0, 0.1) is 0 Å². The number of benzene rings is 1. The van der Waals surface area contributed by atoms with E-state index in [2.05, 4.69) is 21.2 Å². The lowest BCUT2D eigenvalue weighted by Gasteiger charge is -2.32. The second-order valence-electron chi connectivity index (χ2n) is 5.09. The molecule has 1 fully saturated rings. The number of amides is 1. The number of halogens is 4. The van der Waals surface area contributed by atoms with Crippen LogP contribution >= 0.6 is 15.9 Å². The Balaban J connectivity index is 2.25. The zero-order valence-corrected chi connectivity index (χ0v) is 13.1. The first kappa shape index (κ1) is 16.3. The highest BCUT2D eigenvalue weighted by atomic mass is 79.9. The highest BCUT2D eigenvalue weighted by Crippen LogP contribution is 2.32. The molecule has 1 aliphatic rings. The van der Waals surface area contributed by atoms with Gasteiger partial charge >= 0.3 is 6.18 Å². The van der Waals surface area contributed by atoms with Crippen molar-refractivity contribution >= 4 is 21.8 Å². The number of hydrogen-bond acceptors (Lipinski definition) is 2. The van der Waals surface area contributed by atoms with Crippen molar-refractivity contribution in [2.45, 2.75) is 25.1 Å². The van der Waals surface area contributed by atoms with Gasteiger partial charge in [-0.25, -0.2) is 0 Å². The van der Waals surface area contributed by atoms with Gasteiger partial charge in [0.15, 0.2) is 0 Å². The number of nitrogens with zero attached hydrogens (tertiary/aromatic N) is 1. The third kappa shape index (κ3) is 3.77. The molecule has 3 nitrogen and oxygen atoms in total. The van der Waals surface area contributed by atoms with Crippen LogP contribution in [0.1, 0.15) is 28.8 Å². The van der Waals surface area contributed by atoms with Crippen molar-refractivity contribution in [2.75, 3.05) is 20.1 Å². The van der Waals surface area contributed by atoms with Crippen molar-refractivity contribution in [1.82, 2.24) is 10.2 Å². The quantitative estimate of drug-likeness (QED) is 0.873. The van der Waals surface area contributed by atoms with Gasteiger partial charge in [0.05, 0.1) is 11.1 Å². The van der Waals surface area contributed by atoms with Crippen molar-refractivity contribution in [3.05, 3.63) is 33.8 Å². The molecular formula is C14H16BrF3N2O. The van der Waals surface area contributed by atoms with E-state index in [0.717, 1.165) is 38.1 Å². The fourth-order valence-corrected chi connectivity index (χ4v) is 2.83. The normalized spacial score (nSPS) is 16.8. The van der Waals surface area contributed by atoms with E-state index in [4.69, 9.17) is 0 Å². The van der Waals surface area contributed by atoms with Gasteiger partial charge in [-0.15, -0.1) is 0 Å². The Labute approximate surface area is 129 Å². The van der Waals surface area contributed by atoms with E-state index in [9.17, 15) is 18.0 Å². The third-order valence-corrected chi connectivity index (χ3v) is 4.39. The van der Waals surface area contributed by atoms with Crippen molar-refractivity contribution in [1.29, 1.82) is 0 Å². The smallest absolute Gasteiger partial charge is 0.339 e. The zero-order valence-electron chi connectivity index (χ0n) is 11.5. The Kier molecular flexibility index (Phi) is 4.93. The Bertz CT molecular complexity index is 527. The van der Waals surface area contributed by atoms with Gasteiger partial charge in [0.25, 0.3) is 5.91 Å². The van der Waals surface area contributed by atoms with Crippen LogP contribution in [-0.2, 0) is 6.18 Å². The summed E-state index contributed by atoms with van der Waals surface area (Å²) in [5.74, 6) is -0.389. The minimum atomic E-state index is -4.46. The van der Waals surface area contributed by atoms with E-state index in [0.29, 0.717) is 4.47 Å². The standard InChI is InChI=1S/C14H16BrF3N2O/c1-20(10-4-6-19-7-5-10)13(21)11-8-9(14(16,17)18)2-3-12(11)15/h2-3,8,10,19H,4-7H2,1H3. The molecule has 7 heteroatoms. The summed E-state index contributed by atoms with van der Waals surface area (Å²) in [6.45, 7) is 1.62. The van der Waals surface area contributed by atoms with Crippen molar-refractivity contribution in [3.8, 4) is 0 Å². The van der Waals surface area contributed by atoms with Crippen LogP contribution in [0.4, 0.5) is 13.2 Å². The first-order valence-corrected chi connectivity index (χ1v) is 7.44. The lowest BCUT2D eigenvalue weighted by atomic mass is 10.0. The molecule has 1 aliphatic heterocycles. The summed E-state index contributed by atoms with van der Waals surface area (Å²) in [5, 5.41) is 3.19. The molecule has 0 saturated carbocycles. The molecule has 0 aliphatic carbocycles. The molecule has 0 radical (unpaired) electrons. The molecule has 21 heavy (non-hydrogen) atoms. The first-order valence-electron chi connectivity index (χ1n) is 6.65. The predicted octanol–water partition coefficient (Wildman–Crippen LogP) is 3.29. The maximum atomic E-state index is 12.8. The van der Waals surface area contributed by atoms with Crippen LogP contribution in [0.5, 0.6) is 0 Å². The fourth-order valence-electron chi connectivity index (χ4n) is 2.42. The Morgan fingerprint density at radius 2 is 1.95 bits per heavy atom. The van der Waals surface area contributed by atoms with Gasteiger partial charge in [-0.2, -0.15) is 13.2 Å². The summed E-state index contributed by atoms with van der Waals surface area (Å²) in [4.78, 5) is 14.0. The number of rotatable bonds is 2. The average Bonchev–Trinajstić information content (AvgIpc) is 2.46. The average molecular weight is 365 g/mol.